The minimum Gasteiger partial charge on any atom is -0.469 e. The molecule has 3 atom stereocenters. The van der Waals surface area contributed by atoms with Crippen molar-refractivity contribution in [3.63, 3.8) is 0 Å². The molecule has 12 heteroatoms. The molecule has 1 aromatic heterocycles. The summed E-state index contributed by atoms with van der Waals surface area (Å²) >= 11 is 0. The molecule has 0 radical (unpaired) electrons. The van der Waals surface area contributed by atoms with E-state index in [2.05, 4.69) is 45.9 Å². The molecule has 1 spiro atoms. The van der Waals surface area contributed by atoms with E-state index in [0.29, 0.717) is 6.42 Å². The van der Waals surface area contributed by atoms with Crippen LogP contribution in [0.25, 0.3) is 11.3 Å². The zero-order chi connectivity index (χ0) is 32.4. The second-order valence-electron chi connectivity index (χ2n) is 12.0. The zero-order valence-electron chi connectivity index (χ0n) is 25.8. The van der Waals surface area contributed by atoms with Crippen LogP contribution in [0.15, 0.2) is 60.8 Å². The Bertz CT molecular complexity index is 1580. The van der Waals surface area contributed by atoms with E-state index in [4.69, 9.17) is 14.5 Å². The SMILES string of the molecule is COCC1NC(=O)N(C(=O)NCCCN2CCC3(CC2)c2ccccc2-c2ncccc23)C(c2ccc(F)c(F)c2)C1C(=O)OC. The van der Waals surface area contributed by atoms with Crippen molar-refractivity contribution in [2.45, 2.75) is 36.8 Å². The first kappa shape index (κ1) is 31.6. The van der Waals surface area contributed by atoms with Crippen LogP contribution in [0.3, 0.4) is 0 Å². The number of fused-ring (bicyclic) bond motifs is 5. The van der Waals surface area contributed by atoms with Gasteiger partial charge in [-0.2, -0.15) is 0 Å². The number of ether oxygens (including phenoxy) is 2. The Morgan fingerprint density at radius 1 is 1.04 bits per heavy atom. The van der Waals surface area contributed by atoms with Gasteiger partial charge in [0.1, 0.15) is 5.92 Å². The average molecular weight is 634 g/mol. The molecule has 2 N–H and O–H groups in total. The standard InChI is InChI=1S/C34H37F2N5O5/c1-45-20-27-28(31(42)46-2)30(21-10-11-25(35)26(36)19-21)41(33(44)39-27)32(43)38-15-6-16-40-17-12-34(13-18-40)23-8-4-3-7-22(23)29-24(34)9-5-14-37-29/h3-5,7-11,14,19,27-28,30H,6,12-13,15-18,20H2,1-2H3,(H,38,43)(H,39,44). The number of esters is 1. The number of rotatable bonds is 8. The predicted molar refractivity (Wildman–Crippen MR) is 165 cm³/mol. The lowest BCUT2D eigenvalue weighted by molar-refractivity contribution is -0.150. The van der Waals surface area contributed by atoms with E-state index in [1.54, 1.807) is 0 Å². The molecule has 3 aliphatic rings. The molecule has 4 amide bonds. The topological polar surface area (TPSA) is 113 Å². The normalized spacial score (nSPS) is 21.8. The molecule has 0 saturated carbocycles. The molecule has 3 aromatic rings. The van der Waals surface area contributed by atoms with Crippen molar-refractivity contribution in [2.75, 3.05) is 47.0 Å². The highest BCUT2D eigenvalue weighted by molar-refractivity contribution is 5.96. The number of amides is 4. The van der Waals surface area contributed by atoms with Crippen LogP contribution in [-0.2, 0) is 19.7 Å². The number of urea groups is 2. The van der Waals surface area contributed by atoms with Crippen molar-refractivity contribution in [2.24, 2.45) is 5.92 Å². The number of benzene rings is 2. The summed E-state index contributed by atoms with van der Waals surface area (Å²) in [4.78, 5) is 47.6. The molecule has 0 bridgehead atoms. The van der Waals surface area contributed by atoms with Crippen LogP contribution in [0.1, 0.15) is 42.0 Å². The van der Waals surface area contributed by atoms with Crippen molar-refractivity contribution in [3.8, 4) is 11.3 Å². The number of aromatic nitrogens is 1. The maximum Gasteiger partial charge on any atom is 0.326 e. The average Bonchev–Trinajstić information content (AvgIpc) is 3.34. The maximum absolute atomic E-state index is 14.3. The number of likely N-dealkylation sites (tertiary alicyclic amines) is 1. The highest BCUT2D eigenvalue weighted by Crippen LogP contribution is 2.53. The quantitative estimate of drug-likeness (QED) is 0.280. The molecule has 2 aromatic carbocycles. The zero-order valence-corrected chi connectivity index (χ0v) is 25.8. The number of nitrogens with zero attached hydrogens (tertiary/aromatic N) is 3. The molecule has 3 unspecified atom stereocenters. The van der Waals surface area contributed by atoms with Crippen LogP contribution >= 0.6 is 0 Å². The summed E-state index contributed by atoms with van der Waals surface area (Å²) in [6, 6.07) is 12.1. The summed E-state index contributed by atoms with van der Waals surface area (Å²) in [6.45, 7) is 2.69. The summed E-state index contributed by atoms with van der Waals surface area (Å²) in [5.74, 6) is -4.13. The number of methoxy groups -OCH3 is 2. The van der Waals surface area contributed by atoms with Gasteiger partial charge in [0.05, 0.1) is 31.5 Å². The van der Waals surface area contributed by atoms with Gasteiger partial charge in [0.15, 0.2) is 11.6 Å². The van der Waals surface area contributed by atoms with Gasteiger partial charge in [-0.15, -0.1) is 0 Å². The van der Waals surface area contributed by atoms with Gasteiger partial charge in [-0.25, -0.2) is 23.3 Å². The Morgan fingerprint density at radius 2 is 1.80 bits per heavy atom. The fraction of sp³-hybridized carbons (Fsp3) is 0.412. The monoisotopic (exact) mass is 633 g/mol. The molecule has 242 valence electrons. The van der Waals surface area contributed by atoms with Crippen LogP contribution in [0.2, 0.25) is 0 Å². The van der Waals surface area contributed by atoms with E-state index < -0.39 is 47.7 Å². The number of hydrogen-bond acceptors (Lipinski definition) is 7. The van der Waals surface area contributed by atoms with E-state index in [1.165, 1.54) is 37.0 Å². The van der Waals surface area contributed by atoms with Crippen LogP contribution < -0.4 is 10.6 Å². The number of carbonyl (C=O) groups excluding carboxylic acids is 3. The molecule has 46 heavy (non-hydrogen) atoms. The van der Waals surface area contributed by atoms with Crippen LogP contribution in [0.5, 0.6) is 0 Å². The fourth-order valence-electron chi connectivity index (χ4n) is 7.39. The molecular weight excluding hydrogens is 596 g/mol. The lowest BCUT2D eigenvalue weighted by atomic mass is 9.71. The van der Waals surface area contributed by atoms with Gasteiger partial charge in [-0.05, 0) is 73.8 Å². The Kier molecular flexibility index (Phi) is 9.01. The molecule has 10 nitrogen and oxygen atoms in total. The number of piperidine rings is 1. The number of halogens is 2. The summed E-state index contributed by atoms with van der Waals surface area (Å²) in [7, 11) is 2.58. The summed E-state index contributed by atoms with van der Waals surface area (Å²) < 4.78 is 38.4. The van der Waals surface area contributed by atoms with Gasteiger partial charge in [0, 0.05) is 30.8 Å². The smallest absolute Gasteiger partial charge is 0.326 e. The van der Waals surface area contributed by atoms with E-state index in [9.17, 15) is 23.2 Å². The molecule has 6 rings (SSSR count). The second kappa shape index (κ2) is 13.1. The molecule has 2 saturated heterocycles. The Labute approximate surface area is 266 Å². The van der Waals surface area contributed by atoms with Crippen LogP contribution in [0, 0.1) is 17.6 Å². The van der Waals surface area contributed by atoms with E-state index in [-0.39, 0.29) is 24.1 Å². The first-order valence-corrected chi connectivity index (χ1v) is 15.5. The summed E-state index contributed by atoms with van der Waals surface area (Å²) in [5, 5.41) is 5.43. The number of hydrogen-bond donors (Lipinski definition) is 2. The lowest BCUT2D eigenvalue weighted by Crippen LogP contribution is -2.64. The van der Waals surface area contributed by atoms with Gasteiger partial charge in [0.2, 0.25) is 0 Å². The highest BCUT2D eigenvalue weighted by atomic mass is 19.2. The van der Waals surface area contributed by atoms with Gasteiger partial charge < -0.3 is 25.0 Å². The van der Waals surface area contributed by atoms with Crippen LogP contribution in [0.4, 0.5) is 18.4 Å². The Hall–Kier alpha value is -4.42. The maximum atomic E-state index is 14.3. The van der Waals surface area contributed by atoms with E-state index in [0.717, 1.165) is 55.2 Å². The molecular formula is C34H37F2N5O5. The third-order valence-electron chi connectivity index (χ3n) is 9.56. The number of imide groups is 1. The van der Waals surface area contributed by atoms with Gasteiger partial charge >= 0.3 is 18.0 Å². The Balaban J connectivity index is 1.11. The van der Waals surface area contributed by atoms with Crippen LogP contribution in [-0.4, -0.2) is 85.9 Å². The minimum atomic E-state index is -1.26. The van der Waals surface area contributed by atoms with Crippen molar-refractivity contribution in [1.82, 2.24) is 25.4 Å². The van der Waals surface area contributed by atoms with Gasteiger partial charge in [-0.1, -0.05) is 36.4 Å². The molecule has 2 fully saturated rings. The first-order chi connectivity index (χ1) is 22.3. The van der Waals surface area contributed by atoms with Crippen molar-refractivity contribution < 1.29 is 32.6 Å². The highest BCUT2D eigenvalue weighted by Gasteiger charge is 2.50. The molecule has 2 aliphatic heterocycles. The molecule has 1 aliphatic carbocycles. The predicted octanol–water partition coefficient (Wildman–Crippen LogP) is 4.39. The lowest BCUT2D eigenvalue weighted by Gasteiger charge is -2.43. The number of pyridine rings is 1. The van der Waals surface area contributed by atoms with Gasteiger partial charge in [-0.3, -0.25) is 9.78 Å². The van der Waals surface area contributed by atoms with E-state index >= 15 is 0 Å². The van der Waals surface area contributed by atoms with Crippen molar-refractivity contribution >= 4 is 18.0 Å². The molecule has 3 heterocycles. The third-order valence-corrected chi connectivity index (χ3v) is 9.56. The van der Waals surface area contributed by atoms with Crippen molar-refractivity contribution in [3.05, 3.63) is 89.1 Å². The number of carbonyl (C=O) groups is 3. The largest absolute Gasteiger partial charge is 0.469 e. The van der Waals surface area contributed by atoms with Crippen molar-refractivity contribution in [1.29, 1.82) is 0 Å². The third kappa shape index (κ3) is 5.60. The second-order valence-corrected chi connectivity index (χ2v) is 12.0. The Morgan fingerprint density at radius 3 is 2.54 bits per heavy atom. The van der Waals surface area contributed by atoms with E-state index in [1.807, 2.05) is 12.3 Å². The minimum absolute atomic E-state index is 0.0573. The summed E-state index contributed by atoms with van der Waals surface area (Å²) in [5.41, 5.74) is 4.92. The van der Waals surface area contributed by atoms with Gasteiger partial charge in [0.25, 0.3) is 0 Å². The number of nitrogens with one attached hydrogen (secondary N) is 2. The summed E-state index contributed by atoms with van der Waals surface area (Å²) in [6.07, 6.45) is 4.37. The first-order valence-electron chi connectivity index (χ1n) is 15.5. The fourth-order valence-corrected chi connectivity index (χ4v) is 7.39.